The quantitative estimate of drug-likeness (QED) is 0.755. The summed E-state index contributed by atoms with van der Waals surface area (Å²) in [4.78, 5) is 13.0. The number of carboxylic acids is 1. The largest absolute Gasteiger partial charge is 0.481 e. The van der Waals surface area contributed by atoms with Crippen molar-refractivity contribution < 1.29 is 19.4 Å². The topological polar surface area (TPSA) is 55.8 Å². The first kappa shape index (κ1) is 19.0. The summed E-state index contributed by atoms with van der Waals surface area (Å²) in [5.41, 5.74) is 0.768. The molecule has 2 aliphatic rings. The van der Waals surface area contributed by atoms with Crippen LogP contribution in [0, 0.1) is 11.3 Å². The number of carbonyl (C=O) groups is 1. The molecule has 1 N–H and O–H groups in total. The Hall–Kier alpha value is -0.750. The summed E-state index contributed by atoms with van der Waals surface area (Å²) in [6.07, 6.45) is 4.09. The fourth-order valence-corrected chi connectivity index (χ4v) is 4.66. The Balaban J connectivity index is 1.79. The minimum absolute atomic E-state index is 0.0106. The fraction of sp³-hybridized carbons (Fsp3) is 0.632. The van der Waals surface area contributed by atoms with E-state index in [9.17, 15) is 9.90 Å². The first-order valence-electron chi connectivity index (χ1n) is 8.59. The van der Waals surface area contributed by atoms with Gasteiger partial charge in [-0.15, -0.1) is 11.8 Å². The van der Waals surface area contributed by atoms with Gasteiger partial charge >= 0.3 is 5.97 Å². The highest BCUT2D eigenvalue weighted by molar-refractivity contribution is 7.98. The lowest BCUT2D eigenvalue weighted by Gasteiger charge is -2.41. The number of benzene rings is 1. The maximum Gasteiger partial charge on any atom is 0.311 e. The van der Waals surface area contributed by atoms with Gasteiger partial charge in [-0.25, -0.2) is 0 Å². The van der Waals surface area contributed by atoms with Gasteiger partial charge in [-0.2, -0.15) is 0 Å². The Morgan fingerprint density at radius 3 is 2.60 bits per heavy atom. The Morgan fingerprint density at radius 1 is 1.36 bits per heavy atom. The highest BCUT2D eigenvalue weighted by atomic mass is 35.5. The summed E-state index contributed by atoms with van der Waals surface area (Å²) in [7, 11) is 0. The lowest BCUT2D eigenvalue weighted by atomic mass is 9.84. The number of carboxylic acid groups (broad SMARTS) is 1. The van der Waals surface area contributed by atoms with Crippen LogP contribution in [0.3, 0.4) is 0 Å². The van der Waals surface area contributed by atoms with Crippen molar-refractivity contribution in [3.8, 4) is 0 Å². The Morgan fingerprint density at radius 2 is 2.04 bits per heavy atom. The first-order chi connectivity index (χ1) is 11.8. The molecule has 2 atom stereocenters. The van der Waals surface area contributed by atoms with Gasteiger partial charge in [0.2, 0.25) is 0 Å². The molecule has 4 nitrogen and oxygen atoms in total. The molecule has 0 radical (unpaired) electrons. The van der Waals surface area contributed by atoms with E-state index in [1.165, 1.54) is 0 Å². The van der Waals surface area contributed by atoms with Crippen LogP contribution < -0.4 is 0 Å². The van der Waals surface area contributed by atoms with Crippen LogP contribution in [0.1, 0.15) is 44.6 Å². The summed E-state index contributed by atoms with van der Waals surface area (Å²) >= 11 is 7.85. The second kappa shape index (κ2) is 7.10. The average molecular weight is 385 g/mol. The number of aliphatic carboxylic acids is 1. The van der Waals surface area contributed by atoms with Crippen LogP contribution in [-0.4, -0.2) is 36.3 Å². The molecule has 138 valence electrons. The number of hydrogen-bond donors (Lipinski definition) is 1. The van der Waals surface area contributed by atoms with E-state index in [1.807, 2.05) is 18.4 Å². The molecule has 1 spiro atoms. The highest BCUT2D eigenvalue weighted by Gasteiger charge is 2.49. The van der Waals surface area contributed by atoms with E-state index in [0.29, 0.717) is 24.7 Å². The molecular weight excluding hydrogens is 360 g/mol. The van der Waals surface area contributed by atoms with Crippen LogP contribution in [-0.2, 0) is 14.3 Å². The number of thioether (sulfide) groups is 1. The van der Waals surface area contributed by atoms with E-state index in [1.54, 1.807) is 17.8 Å². The molecule has 0 amide bonds. The smallest absolute Gasteiger partial charge is 0.311 e. The van der Waals surface area contributed by atoms with Gasteiger partial charge in [0, 0.05) is 23.2 Å². The maximum absolute atomic E-state index is 12.0. The second-order valence-electron chi connectivity index (χ2n) is 7.87. The van der Waals surface area contributed by atoms with Crippen LogP contribution in [0.4, 0.5) is 0 Å². The zero-order valence-electron chi connectivity index (χ0n) is 14.9. The molecule has 0 bridgehead atoms. The first-order valence-corrected chi connectivity index (χ1v) is 10.2. The summed E-state index contributed by atoms with van der Waals surface area (Å²) in [5, 5.41) is 10.5. The van der Waals surface area contributed by atoms with Crippen molar-refractivity contribution in [3.05, 3.63) is 28.8 Å². The molecule has 1 aromatic rings. The molecule has 6 heteroatoms. The van der Waals surface area contributed by atoms with Crippen molar-refractivity contribution in [2.45, 2.75) is 49.7 Å². The molecule has 1 unspecified atom stereocenters. The zero-order chi connectivity index (χ0) is 18.2. The number of hydrogen-bond acceptors (Lipinski definition) is 4. The molecule has 1 heterocycles. The van der Waals surface area contributed by atoms with Gasteiger partial charge in [0.15, 0.2) is 5.79 Å². The standard InChI is InChI=1S/C19H25ClO4S/c1-18(2)10-23-19(24-11-18)7-6-13(9-19)16(17(21)22)12-4-5-15(25-3)14(20)8-12/h4-5,8,13,16H,6-7,9-11H2,1-3H3,(H,21,22)/t13-,16?/m0/s1. The van der Waals surface area contributed by atoms with Crippen molar-refractivity contribution in [2.75, 3.05) is 19.5 Å². The maximum atomic E-state index is 12.0. The molecule has 0 aromatic heterocycles. The van der Waals surface area contributed by atoms with E-state index >= 15 is 0 Å². The molecule has 1 aromatic carbocycles. The van der Waals surface area contributed by atoms with Crippen LogP contribution in [0.2, 0.25) is 5.02 Å². The van der Waals surface area contributed by atoms with E-state index in [2.05, 4.69) is 13.8 Å². The number of ether oxygens (including phenoxy) is 2. The molecule has 1 aliphatic heterocycles. The summed E-state index contributed by atoms with van der Waals surface area (Å²) in [6, 6.07) is 5.58. The summed E-state index contributed by atoms with van der Waals surface area (Å²) in [6.45, 7) is 5.51. The van der Waals surface area contributed by atoms with Gasteiger partial charge in [0.1, 0.15) is 0 Å². The van der Waals surface area contributed by atoms with Crippen molar-refractivity contribution in [1.82, 2.24) is 0 Å². The van der Waals surface area contributed by atoms with Crippen molar-refractivity contribution in [3.63, 3.8) is 0 Å². The van der Waals surface area contributed by atoms with E-state index < -0.39 is 17.7 Å². The van der Waals surface area contributed by atoms with Gasteiger partial charge in [-0.3, -0.25) is 4.79 Å². The SMILES string of the molecule is CSc1ccc(C(C(=O)O)[C@H]2CCC3(C2)OCC(C)(C)CO3)cc1Cl. The van der Waals surface area contributed by atoms with Gasteiger partial charge in [0.25, 0.3) is 0 Å². The lowest BCUT2D eigenvalue weighted by molar-refractivity contribution is -0.296. The van der Waals surface area contributed by atoms with Crippen molar-refractivity contribution in [1.29, 1.82) is 0 Å². The van der Waals surface area contributed by atoms with E-state index in [0.717, 1.165) is 23.3 Å². The van der Waals surface area contributed by atoms with Crippen LogP contribution in [0.5, 0.6) is 0 Å². The van der Waals surface area contributed by atoms with Crippen LogP contribution >= 0.6 is 23.4 Å². The van der Waals surface area contributed by atoms with Crippen LogP contribution in [0.15, 0.2) is 23.1 Å². The zero-order valence-corrected chi connectivity index (χ0v) is 16.5. The lowest BCUT2D eigenvalue weighted by Crippen LogP contribution is -2.46. The summed E-state index contributed by atoms with van der Waals surface area (Å²) in [5.74, 6) is -2.03. The Bertz CT molecular complexity index is 651. The van der Waals surface area contributed by atoms with Gasteiger partial charge in [-0.05, 0) is 36.3 Å². The fourth-order valence-electron chi connectivity index (χ4n) is 3.79. The molecule has 25 heavy (non-hydrogen) atoms. The van der Waals surface area contributed by atoms with Crippen LogP contribution in [0.25, 0.3) is 0 Å². The predicted octanol–water partition coefficient (Wildman–Crippen LogP) is 4.80. The third-order valence-corrected chi connectivity index (χ3v) is 6.41. The Kier molecular flexibility index (Phi) is 5.41. The number of halogens is 1. The van der Waals surface area contributed by atoms with Crippen molar-refractivity contribution in [2.24, 2.45) is 11.3 Å². The third kappa shape index (κ3) is 4.00. The molecule has 1 aliphatic carbocycles. The predicted molar refractivity (Wildman–Crippen MR) is 99.4 cm³/mol. The third-order valence-electron chi connectivity index (χ3n) is 5.19. The molecule has 3 rings (SSSR count). The van der Waals surface area contributed by atoms with Gasteiger partial charge in [-0.1, -0.05) is 31.5 Å². The molecular formula is C19H25ClO4S. The second-order valence-corrected chi connectivity index (χ2v) is 9.12. The minimum atomic E-state index is -0.814. The average Bonchev–Trinajstić information content (AvgIpc) is 2.95. The minimum Gasteiger partial charge on any atom is -0.481 e. The summed E-state index contributed by atoms with van der Waals surface area (Å²) < 4.78 is 12.1. The Labute approximate surface area is 158 Å². The number of rotatable bonds is 4. The van der Waals surface area contributed by atoms with E-state index in [4.69, 9.17) is 21.1 Å². The normalized spacial score (nSPS) is 25.8. The van der Waals surface area contributed by atoms with Gasteiger partial charge in [0.05, 0.1) is 24.2 Å². The van der Waals surface area contributed by atoms with Crippen molar-refractivity contribution >= 4 is 29.3 Å². The van der Waals surface area contributed by atoms with Gasteiger partial charge < -0.3 is 14.6 Å². The molecule has 1 saturated carbocycles. The molecule has 1 saturated heterocycles. The molecule has 2 fully saturated rings. The van der Waals surface area contributed by atoms with E-state index in [-0.39, 0.29) is 11.3 Å². The highest BCUT2D eigenvalue weighted by Crippen LogP contribution is 2.48. The monoisotopic (exact) mass is 384 g/mol.